The molecule has 1 N–H and O–H groups in total. The predicted octanol–water partition coefficient (Wildman–Crippen LogP) is 3.68. The van der Waals surface area contributed by atoms with Gasteiger partial charge in [0.05, 0.1) is 26.5 Å². The van der Waals surface area contributed by atoms with Crippen LogP contribution in [0.5, 0.6) is 5.75 Å². The van der Waals surface area contributed by atoms with Gasteiger partial charge in [0.2, 0.25) is 5.78 Å². The monoisotopic (exact) mass is 405 g/mol. The van der Waals surface area contributed by atoms with Gasteiger partial charge in [0.15, 0.2) is 0 Å². The van der Waals surface area contributed by atoms with Crippen molar-refractivity contribution in [1.29, 1.82) is 0 Å². The van der Waals surface area contributed by atoms with Crippen molar-refractivity contribution in [2.45, 2.75) is 13.5 Å². The maximum atomic E-state index is 12.8. The molecule has 2 aromatic carbocycles. The number of ether oxygens (including phenoxy) is 2. The van der Waals surface area contributed by atoms with Crippen molar-refractivity contribution in [3.8, 4) is 5.75 Å². The highest BCUT2D eigenvalue weighted by Crippen LogP contribution is 2.16. The number of Topliss-reactive ketones (excluding diaryl/α,β-unsaturated/α-hetero) is 1. The van der Waals surface area contributed by atoms with Gasteiger partial charge in [-0.05, 0) is 24.6 Å². The molecule has 7 heteroatoms. The molecule has 0 spiro atoms. The summed E-state index contributed by atoms with van der Waals surface area (Å²) in [6.45, 7) is 2.38. The van der Waals surface area contributed by atoms with Crippen molar-refractivity contribution in [3.05, 3.63) is 89.8 Å². The van der Waals surface area contributed by atoms with E-state index in [1.807, 2.05) is 24.3 Å². The van der Waals surface area contributed by atoms with Gasteiger partial charge in [-0.2, -0.15) is 5.10 Å². The van der Waals surface area contributed by atoms with E-state index in [-0.39, 0.29) is 12.2 Å². The number of hydrogen-bond donors (Lipinski definition) is 1. The van der Waals surface area contributed by atoms with Gasteiger partial charge in [-0.25, -0.2) is 9.48 Å². The van der Waals surface area contributed by atoms with Gasteiger partial charge in [0.25, 0.3) is 0 Å². The minimum absolute atomic E-state index is 0.0831. The third-order valence-electron chi connectivity index (χ3n) is 4.35. The molecule has 0 unspecified atom stereocenters. The Morgan fingerprint density at radius 2 is 1.80 bits per heavy atom. The van der Waals surface area contributed by atoms with E-state index < -0.39 is 11.8 Å². The highest BCUT2D eigenvalue weighted by Gasteiger charge is 2.21. The van der Waals surface area contributed by atoms with Crippen LogP contribution in [0.25, 0.3) is 0 Å². The van der Waals surface area contributed by atoms with E-state index in [4.69, 9.17) is 9.47 Å². The first-order chi connectivity index (χ1) is 14.6. The number of nitrogens with one attached hydrogen (secondary N) is 1. The molecule has 0 radical (unpaired) electrons. The number of esters is 1. The standard InChI is InChI=1S/C23H23N3O4/c1-3-30-23(28)20(22(27)18-7-5-4-6-8-18)15-24-21-13-14-25-26(21)16-17-9-11-19(29-2)12-10-17/h4-15,24H,3,16H2,1-2H3. The number of nitrogens with zero attached hydrogens (tertiary/aromatic N) is 2. The van der Waals surface area contributed by atoms with Crippen LogP contribution in [0, 0.1) is 0 Å². The maximum Gasteiger partial charge on any atom is 0.343 e. The van der Waals surface area contributed by atoms with Crippen LogP contribution in [0.15, 0.2) is 78.6 Å². The average Bonchev–Trinajstić information content (AvgIpc) is 3.22. The lowest BCUT2D eigenvalue weighted by atomic mass is 10.0. The van der Waals surface area contributed by atoms with Crippen LogP contribution in [0.4, 0.5) is 5.82 Å². The Morgan fingerprint density at radius 1 is 1.07 bits per heavy atom. The molecule has 7 nitrogen and oxygen atoms in total. The highest BCUT2D eigenvalue weighted by molar-refractivity contribution is 6.24. The summed E-state index contributed by atoms with van der Waals surface area (Å²) in [6.07, 6.45) is 3.01. The van der Waals surface area contributed by atoms with Crippen LogP contribution in [0.2, 0.25) is 0 Å². The number of benzene rings is 2. The molecule has 0 saturated carbocycles. The number of carbonyl (C=O) groups is 2. The zero-order valence-electron chi connectivity index (χ0n) is 16.9. The summed E-state index contributed by atoms with van der Waals surface area (Å²) >= 11 is 0. The summed E-state index contributed by atoms with van der Waals surface area (Å²) in [4.78, 5) is 25.2. The number of aromatic nitrogens is 2. The maximum absolute atomic E-state index is 12.8. The minimum atomic E-state index is -0.680. The van der Waals surface area contributed by atoms with Gasteiger partial charge in [-0.1, -0.05) is 42.5 Å². The summed E-state index contributed by atoms with van der Waals surface area (Å²) in [5, 5.41) is 7.33. The first kappa shape index (κ1) is 20.9. The van der Waals surface area contributed by atoms with Crippen LogP contribution in [-0.2, 0) is 16.1 Å². The third kappa shape index (κ3) is 5.14. The van der Waals surface area contributed by atoms with Crippen LogP contribution >= 0.6 is 0 Å². The molecule has 0 bridgehead atoms. The van der Waals surface area contributed by atoms with Gasteiger partial charge in [-0.3, -0.25) is 4.79 Å². The fourth-order valence-corrected chi connectivity index (χ4v) is 2.80. The van der Waals surface area contributed by atoms with Crippen LogP contribution in [0.3, 0.4) is 0 Å². The van der Waals surface area contributed by atoms with Crippen molar-refractivity contribution in [3.63, 3.8) is 0 Å². The molecule has 3 rings (SSSR count). The quantitative estimate of drug-likeness (QED) is 0.192. The van der Waals surface area contributed by atoms with Gasteiger partial charge < -0.3 is 14.8 Å². The van der Waals surface area contributed by atoms with Crippen LogP contribution < -0.4 is 10.1 Å². The lowest BCUT2D eigenvalue weighted by Crippen LogP contribution is -2.18. The molecule has 154 valence electrons. The van der Waals surface area contributed by atoms with Crippen molar-refractivity contribution < 1.29 is 19.1 Å². The highest BCUT2D eigenvalue weighted by atomic mass is 16.5. The average molecular weight is 405 g/mol. The smallest absolute Gasteiger partial charge is 0.343 e. The molecule has 0 aliphatic heterocycles. The number of carbonyl (C=O) groups excluding carboxylic acids is 2. The van der Waals surface area contributed by atoms with Crippen LogP contribution in [0.1, 0.15) is 22.8 Å². The summed E-state index contributed by atoms with van der Waals surface area (Å²) in [7, 11) is 1.62. The molecule has 0 saturated heterocycles. The van der Waals surface area contributed by atoms with E-state index in [2.05, 4.69) is 10.4 Å². The Hall–Kier alpha value is -3.87. The topological polar surface area (TPSA) is 82.4 Å². The molecular formula is C23H23N3O4. The van der Waals surface area contributed by atoms with E-state index in [1.54, 1.807) is 61.3 Å². The molecule has 1 aromatic heterocycles. The zero-order valence-corrected chi connectivity index (χ0v) is 16.9. The molecule has 3 aromatic rings. The normalized spacial score (nSPS) is 11.1. The summed E-state index contributed by atoms with van der Waals surface area (Å²) in [5.41, 5.74) is 1.35. The largest absolute Gasteiger partial charge is 0.497 e. The summed E-state index contributed by atoms with van der Waals surface area (Å²) < 4.78 is 12.0. The second-order valence-electron chi connectivity index (χ2n) is 6.34. The number of rotatable bonds is 9. The Labute approximate surface area is 174 Å². The summed E-state index contributed by atoms with van der Waals surface area (Å²) in [6, 6.07) is 18.0. The van der Waals surface area contributed by atoms with Crippen molar-refractivity contribution in [2.75, 3.05) is 19.0 Å². The van der Waals surface area contributed by atoms with Crippen LogP contribution in [-0.4, -0.2) is 35.2 Å². The number of ketones is 1. The predicted molar refractivity (Wildman–Crippen MR) is 113 cm³/mol. The number of hydrogen-bond acceptors (Lipinski definition) is 6. The zero-order chi connectivity index (χ0) is 21.3. The molecule has 0 amide bonds. The van der Waals surface area contributed by atoms with E-state index in [0.29, 0.717) is 17.9 Å². The first-order valence-corrected chi connectivity index (χ1v) is 9.50. The van der Waals surface area contributed by atoms with Crippen molar-refractivity contribution >= 4 is 17.6 Å². The van der Waals surface area contributed by atoms with Gasteiger partial charge in [0.1, 0.15) is 17.1 Å². The molecule has 0 fully saturated rings. The second kappa shape index (κ2) is 10.1. The van der Waals surface area contributed by atoms with E-state index >= 15 is 0 Å². The van der Waals surface area contributed by atoms with E-state index in [0.717, 1.165) is 11.3 Å². The Bertz CT molecular complexity index is 1020. The second-order valence-corrected chi connectivity index (χ2v) is 6.34. The lowest BCUT2D eigenvalue weighted by Gasteiger charge is -2.10. The molecule has 30 heavy (non-hydrogen) atoms. The number of methoxy groups -OCH3 is 1. The molecular weight excluding hydrogens is 382 g/mol. The molecule has 1 heterocycles. The Morgan fingerprint density at radius 3 is 2.47 bits per heavy atom. The SMILES string of the molecule is CCOC(=O)C(=CNc1ccnn1Cc1ccc(OC)cc1)C(=O)c1ccccc1. The Balaban J connectivity index is 1.81. The first-order valence-electron chi connectivity index (χ1n) is 9.50. The third-order valence-corrected chi connectivity index (χ3v) is 4.35. The lowest BCUT2D eigenvalue weighted by molar-refractivity contribution is -0.138. The summed E-state index contributed by atoms with van der Waals surface area (Å²) in [5.74, 6) is 0.315. The molecule has 0 aliphatic rings. The Kier molecular flexibility index (Phi) is 7.00. The van der Waals surface area contributed by atoms with Gasteiger partial charge in [-0.15, -0.1) is 0 Å². The number of anilines is 1. The van der Waals surface area contributed by atoms with Crippen molar-refractivity contribution in [1.82, 2.24) is 9.78 Å². The fourth-order valence-electron chi connectivity index (χ4n) is 2.80. The van der Waals surface area contributed by atoms with E-state index in [1.165, 1.54) is 6.20 Å². The van der Waals surface area contributed by atoms with Gasteiger partial charge in [0, 0.05) is 17.8 Å². The van der Waals surface area contributed by atoms with Crippen molar-refractivity contribution in [2.24, 2.45) is 0 Å². The molecule has 0 aliphatic carbocycles. The minimum Gasteiger partial charge on any atom is -0.497 e. The fraction of sp³-hybridized carbons (Fsp3) is 0.174. The van der Waals surface area contributed by atoms with Gasteiger partial charge >= 0.3 is 5.97 Å². The molecule has 0 atom stereocenters. The van der Waals surface area contributed by atoms with E-state index in [9.17, 15) is 9.59 Å².